The fourth-order valence-electron chi connectivity index (χ4n) is 5.08. The van der Waals surface area contributed by atoms with Crippen LogP contribution in [0.15, 0.2) is 6.33 Å². The molecular formula is C24H36N8O2. The first kappa shape index (κ1) is 22.9. The van der Waals surface area contributed by atoms with E-state index >= 15 is 0 Å². The number of amides is 2. The molecule has 1 saturated carbocycles. The number of hydrogen-bond acceptors (Lipinski definition) is 7. The van der Waals surface area contributed by atoms with Crippen molar-refractivity contribution >= 4 is 34.7 Å². The molecule has 184 valence electrons. The van der Waals surface area contributed by atoms with Gasteiger partial charge < -0.3 is 24.6 Å². The third-order valence-electron chi connectivity index (χ3n) is 7.28. The zero-order valence-corrected chi connectivity index (χ0v) is 20.4. The van der Waals surface area contributed by atoms with Crippen LogP contribution in [0.4, 0.5) is 11.8 Å². The first-order valence-electron chi connectivity index (χ1n) is 12.9. The number of fused-ring (bicyclic) bond motifs is 1. The van der Waals surface area contributed by atoms with Crippen molar-refractivity contribution in [2.75, 3.05) is 49.5 Å². The maximum atomic E-state index is 13.0. The zero-order valence-electron chi connectivity index (χ0n) is 20.4. The fraction of sp³-hybridized carbons (Fsp3) is 0.708. The van der Waals surface area contributed by atoms with Gasteiger partial charge in [-0.15, -0.1) is 0 Å². The highest BCUT2D eigenvalue weighted by atomic mass is 16.2. The lowest BCUT2D eigenvalue weighted by molar-refractivity contribution is -0.135. The van der Waals surface area contributed by atoms with Crippen LogP contribution < -0.4 is 10.2 Å². The van der Waals surface area contributed by atoms with Gasteiger partial charge in [-0.05, 0) is 46.0 Å². The van der Waals surface area contributed by atoms with Gasteiger partial charge in [0.25, 0.3) is 0 Å². The Morgan fingerprint density at radius 1 is 1.12 bits per heavy atom. The van der Waals surface area contributed by atoms with E-state index in [2.05, 4.69) is 15.2 Å². The molecule has 4 heterocycles. The van der Waals surface area contributed by atoms with Crippen LogP contribution in [0.25, 0.3) is 11.2 Å². The molecule has 10 heteroatoms. The molecule has 1 N–H and O–H groups in total. The molecule has 0 aromatic carbocycles. The molecule has 2 amide bonds. The summed E-state index contributed by atoms with van der Waals surface area (Å²) in [7, 11) is 0. The molecule has 3 fully saturated rings. The molecule has 34 heavy (non-hydrogen) atoms. The maximum absolute atomic E-state index is 13.0. The van der Waals surface area contributed by atoms with Crippen molar-refractivity contribution in [1.29, 1.82) is 0 Å². The minimum atomic E-state index is -0.0288. The summed E-state index contributed by atoms with van der Waals surface area (Å²) in [4.78, 5) is 45.5. The second-order valence-corrected chi connectivity index (χ2v) is 9.68. The summed E-state index contributed by atoms with van der Waals surface area (Å²) in [5.74, 6) is 1.86. The molecule has 1 atom stereocenters. The Bertz CT molecular complexity index is 1050. The molecule has 1 unspecified atom stereocenters. The van der Waals surface area contributed by atoms with E-state index in [0.29, 0.717) is 38.0 Å². The summed E-state index contributed by atoms with van der Waals surface area (Å²) in [6, 6.07) is 0.441. The molecule has 1 aliphatic carbocycles. The quantitative estimate of drug-likeness (QED) is 0.602. The summed E-state index contributed by atoms with van der Waals surface area (Å²) < 4.78 is 2.03. The van der Waals surface area contributed by atoms with Gasteiger partial charge in [0.05, 0.1) is 12.2 Å². The van der Waals surface area contributed by atoms with E-state index in [1.807, 2.05) is 34.5 Å². The normalized spacial score (nSPS) is 20.9. The second kappa shape index (κ2) is 9.76. The molecule has 2 aromatic heterocycles. The van der Waals surface area contributed by atoms with Crippen molar-refractivity contribution in [2.45, 2.75) is 65.0 Å². The van der Waals surface area contributed by atoms with Crippen LogP contribution in [-0.2, 0) is 16.1 Å². The minimum absolute atomic E-state index is 0.0288. The summed E-state index contributed by atoms with van der Waals surface area (Å²) in [6.07, 6.45) is 7.53. The lowest BCUT2D eigenvalue weighted by atomic mass is 9.96. The Morgan fingerprint density at radius 3 is 2.65 bits per heavy atom. The molecule has 0 spiro atoms. The number of carbonyl (C=O) groups is 2. The largest absolute Gasteiger partial charge is 0.365 e. The average Bonchev–Trinajstić information content (AvgIpc) is 3.43. The van der Waals surface area contributed by atoms with Crippen LogP contribution in [-0.4, -0.2) is 86.4 Å². The Morgan fingerprint density at radius 2 is 1.94 bits per heavy atom. The first-order chi connectivity index (χ1) is 16.6. The van der Waals surface area contributed by atoms with E-state index in [1.54, 1.807) is 0 Å². The Labute approximate surface area is 200 Å². The molecular weight excluding hydrogens is 432 g/mol. The SMILES string of the molecule is CCN(CC)C(=O)C1CCCN(c2nc(NC3CC3)c3ncn(CCN4CCCC4=O)c3n2)C1. The topological polar surface area (TPSA) is 99.5 Å². The zero-order chi connectivity index (χ0) is 23.7. The van der Waals surface area contributed by atoms with Crippen LogP contribution in [0.5, 0.6) is 0 Å². The van der Waals surface area contributed by atoms with Crippen molar-refractivity contribution in [2.24, 2.45) is 5.92 Å². The standard InChI is InChI=1S/C24H36N8O2/c1-3-29(4-2)23(34)17-7-5-12-31(15-17)24-27-21(26-18-9-10-18)20-22(28-24)32(16-25-20)14-13-30-11-6-8-19(30)33/h16-18H,3-15H2,1-2H3,(H,26,27,28). The summed E-state index contributed by atoms with van der Waals surface area (Å²) in [5, 5.41) is 3.53. The number of nitrogens with zero attached hydrogens (tertiary/aromatic N) is 7. The van der Waals surface area contributed by atoms with Crippen LogP contribution in [0, 0.1) is 5.92 Å². The van der Waals surface area contributed by atoms with E-state index in [-0.39, 0.29) is 17.7 Å². The molecule has 3 aliphatic rings. The number of anilines is 2. The lowest BCUT2D eigenvalue weighted by Gasteiger charge is -2.34. The van der Waals surface area contributed by atoms with Gasteiger partial charge in [-0.2, -0.15) is 9.97 Å². The molecule has 10 nitrogen and oxygen atoms in total. The van der Waals surface area contributed by atoms with Gasteiger partial charge >= 0.3 is 0 Å². The van der Waals surface area contributed by atoms with Crippen molar-refractivity contribution in [3.63, 3.8) is 0 Å². The van der Waals surface area contributed by atoms with E-state index in [1.165, 1.54) is 0 Å². The van der Waals surface area contributed by atoms with Gasteiger partial charge in [0.2, 0.25) is 17.8 Å². The molecule has 0 radical (unpaired) electrons. The average molecular weight is 469 g/mol. The minimum Gasteiger partial charge on any atom is -0.365 e. The van der Waals surface area contributed by atoms with E-state index in [9.17, 15) is 9.59 Å². The van der Waals surface area contributed by atoms with Crippen molar-refractivity contribution < 1.29 is 9.59 Å². The van der Waals surface area contributed by atoms with Gasteiger partial charge in [-0.25, -0.2) is 4.98 Å². The van der Waals surface area contributed by atoms with E-state index in [0.717, 1.165) is 75.3 Å². The predicted octanol–water partition coefficient (Wildman–Crippen LogP) is 2.11. The smallest absolute Gasteiger partial charge is 0.229 e. The predicted molar refractivity (Wildman–Crippen MR) is 131 cm³/mol. The molecule has 2 saturated heterocycles. The van der Waals surface area contributed by atoms with Crippen molar-refractivity contribution in [3.05, 3.63) is 6.33 Å². The third kappa shape index (κ3) is 4.67. The summed E-state index contributed by atoms with van der Waals surface area (Å²) in [5.41, 5.74) is 1.56. The van der Waals surface area contributed by atoms with Crippen LogP contribution in [0.1, 0.15) is 52.4 Å². The number of imidazole rings is 1. The first-order valence-corrected chi connectivity index (χ1v) is 12.9. The highest BCUT2D eigenvalue weighted by Gasteiger charge is 2.31. The molecule has 5 rings (SSSR count). The number of nitrogens with one attached hydrogen (secondary N) is 1. The van der Waals surface area contributed by atoms with Crippen LogP contribution >= 0.6 is 0 Å². The fourth-order valence-corrected chi connectivity index (χ4v) is 5.08. The molecule has 2 aromatic rings. The Kier molecular flexibility index (Phi) is 6.56. The van der Waals surface area contributed by atoms with Gasteiger partial charge in [0.15, 0.2) is 17.0 Å². The van der Waals surface area contributed by atoms with Crippen LogP contribution in [0.2, 0.25) is 0 Å². The van der Waals surface area contributed by atoms with E-state index in [4.69, 9.17) is 9.97 Å². The Balaban J connectivity index is 1.40. The van der Waals surface area contributed by atoms with Crippen molar-refractivity contribution in [3.8, 4) is 0 Å². The Hall–Kier alpha value is -2.91. The number of hydrogen-bond donors (Lipinski definition) is 1. The highest BCUT2D eigenvalue weighted by Crippen LogP contribution is 2.30. The monoisotopic (exact) mass is 468 g/mol. The van der Waals surface area contributed by atoms with Gasteiger partial charge in [-0.1, -0.05) is 0 Å². The van der Waals surface area contributed by atoms with Crippen LogP contribution in [0.3, 0.4) is 0 Å². The lowest BCUT2D eigenvalue weighted by Crippen LogP contribution is -2.45. The summed E-state index contributed by atoms with van der Waals surface area (Å²) in [6.45, 7) is 9.18. The third-order valence-corrected chi connectivity index (χ3v) is 7.28. The number of aromatic nitrogens is 4. The molecule has 2 aliphatic heterocycles. The number of carbonyl (C=O) groups excluding carboxylic acids is 2. The van der Waals surface area contributed by atoms with Gasteiger partial charge in [0, 0.05) is 58.3 Å². The number of rotatable bonds is 9. The maximum Gasteiger partial charge on any atom is 0.229 e. The second-order valence-electron chi connectivity index (χ2n) is 9.68. The highest BCUT2D eigenvalue weighted by molar-refractivity contribution is 5.85. The van der Waals surface area contributed by atoms with Gasteiger partial charge in [-0.3, -0.25) is 9.59 Å². The van der Waals surface area contributed by atoms with E-state index < -0.39 is 0 Å². The number of likely N-dealkylation sites (tertiary alicyclic amines) is 1. The van der Waals surface area contributed by atoms with Crippen molar-refractivity contribution in [1.82, 2.24) is 29.3 Å². The van der Waals surface area contributed by atoms with Gasteiger partial charge in [0.1, 0.15) is 0 Å². The summed E-state index contributed by atoms with van der Waals surface area (Å²) >= 11 is 0. The molecule has 0 bridgehead atoms. The number of piperidine rings is 1.